The fourth-order valence-corrected chi connectivity index (χ4v) is 2.86. The lowest BCUT2D eigenvalue weighted by Gasteiger charge is -2.04. The summed E-state index contributed by atoms with van der Waals surface area (Å²) in [6.45, 7) is 2.12. The number of aryl methyl sites for hydroxylation is 1. The maximum atomic E-state index is 3.39. The van der Waals surface area contributed by atoms with E-state index >= 15 is 0 Å². The molecule has 0 aliphatic heterocycles. The van der Waals surface area contributed by atoms with Gasteiger partial charge in [-0.2, -0.15) is 0 Å². The minimum absolute atomic E-state index is 1.19. The maximum absolute atomic E-state index is 3.39. The van der Waals surface area contributed by atoms with Crippen LogP contribution >= 0.6 is 0 Å². The predicted octanol–water partition coefficient (Wildman–Crippen LogP) is 5.30. The molecule has 20 heavy (non-hydrogen) atoms. The quantitative estimate of drug-likeness (QED) is 0.476. The number of rotatable bonds is 1. The second-order valence-electron chi connectivity index (χ2n) is 5.28. The first kappa shape index (κ1) is 11.3. The Bertz CT molecular complexity index is 898. The van der Waals surface area contributed by atoms with Gasteiger partial charge < -0.3 is 4.98 Å². The molecule has 0 unspecified atom stereocenters. The van der Waals surface area contributed by atoms with Crippen LogP contribution in [0.5, 0.6) is 0 Å². The molecule has 0 saturated heterocycles. The SMILES string of the molecule is Cc1ccc(-c2c[nH]c3ccc4ccccc4c23)cc1. The third kappa shape index (κ3) is 1.64. The molecule has 0 amide bonds. The first-order valence-corrected chi connectivity index (χ1v) is 6.89. The predicted molar refractivity (Wildman–Crippen MR) is 86.0 cm³/mol. The Morgan fingerprint density at radius 3 is 2.45 bits per heavy atom. The summed E-state index contributed by atoms with van der Waals surface area (Å²) in [5, 5.41) is 3.90. The van der Waals surface area contributed by atoms with Crippen LogP contribution in [0.1, 0.15) is 5.56 Å². The summed E-state index contributed by atoms with van der Waals surface area (Å²) in [7, 11) is 0. The van der Waals surface area contributed by atoms with Gasteiger partial charge in [-0.15, -0.1) is 0 Å². The molecule has 0 spiro atoms. The van der Waals surface area contributed by atoms with Gasteiger partial charge in [-0.3, -0.25) is 0 Å². The minimum Gasteiger partial charge on any atom is -0.361 e. The molecule has 4 rings (SSSR count). The zero-order chi connectivity index (χ0) is 13.5. The van der Waals surface area contributed by atoms with Crippen LogP contribution in [0.4, 0.5) is 0 Å². The van der Waals surface area contributed by atoms with Crippen LogP contribution in [0.2, 0.25) is 0 Å². The van der Waals surface area contributed by atoms with Crippen LogP contribution in [-0.4, -0.2) is 4.98 Å². The molecule has 1 N–H and O–H groups in total. The van der Waals surface area contributed by atoms with E-state index in [9.17, 15) is 0 Å². The average Bonchev–Trinajstić information content (AvgIpc) is 2.92. The number of aromatic nitrogens is 1. The van der Waals surface area contributed by atoms with Crippen molar-refractivity contribution in [3.05, 3.63) is 72.4 Å². The molecule has 3 aromatic carbocycles. The number of H-pyrrole nitrogens is 1. The van der Waals surface area contributed by atoms with E-state index in [2.05, 4.69) is 78.8 Å². The summed E-state index contributed by atoms with van der Waals surface area (Å²) in [5.41, 5.74) is 5.02. The van der Waals surface area contributed by atoms with E-state index < -0.39 is 0 Å². The van der Waals surface area contributed by atoms with E-state index in [1.165, 1.54) is 38.4 Å². The van der Waals surface area contributed by atoms with Gasteiger partial charge in [0.1, 0.15) is 0 Å². The zero-order valence-corrected chi connectivity index (χ0v) is 11.4. The van der Waals surface area contributed by atoms with E-state index in [1.807, 2.05) is 0 Å². The topological polar surface area (TPSA) is 15.8 Å². The highest BCUT2D eigenvalue weighted by Crippen LogP contribution is 2.34. The first-order chi connectivity index (χ1) is 9.83. The van der Waals surface area contributed by atoms with Gasteiger partial charge in [0.15, 0.2) is 0 Å². The summed E-state index contributed by atoms with van der Waals surface area (Å²) in [5.74, 6) is 0. The Morgan fingerprint density at radius 1 is 0.800 bits per heavy atom. The molecule has 96 valence electrons. The molecule has 1 nitrogen and oxygen atoms in total. The Hall–Kier alpha value is -2.54. The van der Waals surface area contributed by atoms with Crippen molar-refractivity contribution >= 4 is 21.7 Å². The minimum atomic E-state index is 1.19. The number of hydrogen-bond acceptors (Lipinski definition) is 0. The molecular formula is C19H15N. The Balaban J connectivity index is 2.09. The molecule has 0 radical (unpaired) electrons. The van der Waals surface area contributed by atoms with Crippen LogP contribution in [0, 0.1) is 6.92 Å². The first-order valence-electron chi connectivity index (χ1n) is 6.89. The van der Waals surface area contributed by atoms with Gasteiger partial charge in [-0.1, -0.05) is 60.2 Å². The van der Waals surface area contributed by atoms with Crippen LogP contribution < -0.4 is 0 Å². The van der Waals surface area contributed by atoms with Crippen molar-refractivity contribution in [3.8, 4) is 11.1 Å². The van der Waals surface area contributed by atoms with Gasteiger partial charge in [0.25, 0.3) is 0 Å². The number of nitrogens with one attached hydrogen (secondary N) is 1. The summed E-state index contributed by atoms with van der Waals surface area (Å²) in [6.07, 6.45) is 2.11. The molecule has 0 saturated carbocycles. The zero-order valence-electron chi connectivity index (χ0n) is 11.4. The molecule has 0 aliphatic rings. The normalized spacial score (nSPS) is 11.2. The highest BCUT2D eigenvalue weighted by Gasteiger charge is 2.09. The fourth-order valence-electron chi connectivity index (χ4n) is 2.86. The maximum Gasteiger partial charge on any atom is 0.0466 e. The standard InChI is InChI=1S/C19H15N/c1-13-6-8-15(9-7-13)17-12-20-18-11-10-14-4-2-3-5-16(14)19(17)18/h2-12,20H,1H3. The fraction of sp³-hybridized carbons (Fsp3) is 0.0526. The Kier molecular flexibility index (Phi) is 2.40. The molecule has 1 heterocycles. The average molecular weight is 257 g/mol. The third-order valence-electron chi connectivity index (χ3n) is 3.93. The second-order valence-corrected chi connectivity index (χ2v) is 5.28. The Morgan fingerprint density at radius 2 is 1.60 bits per heavy atom. The number of aromatic amines is 1. The largest absolute Gasteiger partial charge is 0.361 e. The lowest BCUT2D eigenvalue weighted by atomic mass is 9.99. The van der Waals surface area contributed by atoms with Gasteiger partial charge in [0.2, 0.25) is 0 Å². The summed E-state index contributed by atoms with van der Waals surface area (Å²) < 4.78 is 0. The molecular weight excluding hydrogens is 242 g/mol. The number of fused-ring (bicyclic) bond motifs is 3. The summed E-state index contributed by atoms with van der Waals surface area (Å²) in [6, 6.07) is 21.6. The van der Waals surface area contributed by atoms with E-state index in [0.717, 1.165) is 0 Å². The van der Waals surface area contributed by atoms with Crippen molar-refractivity contribution in [1.82, 2.24) is 4.98 Å². The third-order valence-corrected chi connectivity index (χ3v) is 3.93. The summed E-state index contributed by atoms with van der Waals surface area (Å²) >= 11 is 0. The number of benzene rings is 3. The molecule has 1 heteroatoms. The highest BCUT2D eigenvalue weighted by molar-refractivity contribution is 6.13. The van der Waals surface area contributed by atoms with Crippen LogP contribution in [-0.2, 0) is 0 Å². The molecule has 1 aromatic heterocycles. The van der Waals surface area contributed by atoms with Gasteiger partial charge in [-0.05, 0) is 29.3 Å². The van der Waals surface area contributed by atoms with Crippen molar-refractivity contribution in [1.29, 1.82) is 0 Å². The lowest BCUT2D eigenvalue weighted by Crippen LogP contribution is -1.79. The van der Waals surface area contributed by atoms with Gasteiger partial charge in [-0.25, -0.2) is 0 Å². The van der Waals surface area contributed by atoms with Crippen molar-refractivity contribution in [2.75, 3.05) is 0 Å². The van der Waals surface area contributed by atoms with Gasteiger partial charge in [0.05, 0.1) is 0 Å². The van der Waals surface area contributed by atoms with Gasteiger partial charge in [0, 0.05) is 22.7 Å². The second kappa shape index (κ2) is 4.24. The van der Waals surface area contributed by atoms with Crippen molar-refractivity contribution in [3.63, 3.8) is 0 Å². The molecule has 0 fully saturated rings. The van der Waals surface area contributed by atoms with E-state index in [1.54, 1.807) is 0 Å². The van der Waals surface area contributed by atoms with E-state index in [0.29, 0.717) is 0 Å². The summed E-state index contributed by atoms with van der Waals surface area (Å²) in [4.78, 5) is 3.39. The van der Waals surface area contributed by atoms with Crippen molar-refractivity contribution in [2.24, 2.45) is 0 Å². The lowest BCUT2D eigenvalue weighted by molar-refractivity contribution is 1.45. The Labute approximate surface area is 117 Å². The van der Waals surface area contributed by atoms with Crippen molar-refractivity contribution < 1.29 is 0 Å². The van der Waals surface area contributed by atoms with Crippen LogP contribution in [0.25, 0.3) is 32.8 Å². The molecule has 0 bridgehead atoms. The van der Waals surface area contributed by atoms with Gasteiger partial charge >= 0.3 is 0 Å². The highest BCUT2D eigenvalue weighted by atomic mass is 14.7. The molecule has 0 aliphatic carbocycles. The number of hydrogen-bond donors (Lipinski definition) is 1. The van der Waals surface area contributed by atoms with Crippen LogP contribution in [0.15, 0.2) is 66.9 Å². The van der Waals surface area contributed by atoms with Crippen molar-refractivity contribution in [2.45, 2.75) is 6.92 Å². The van der Waals surface area contributed by atoms with E-state index in [-0.39, 0.29) is 0 Å². The van der Waals surface area contributed by atoms with Crippen LogP contribution in [0.3, 0.4) is 0 Å². The van der Waals surface area contributed by atoms with E-state index in [4.69, 9.17) is 0 Å². The smallest absolute Gasteiger partial charge is 0.0466 e. The molecule has 4 aromatic rings. The monoisotopic (exact) mass is 257 g/mol. The molecule has 0 atom stereocenters.